The van der Waals surface area contributed by atoms with Crippen molar-refractivity contribution >= 4 is 53.9 Å². The fourth-order valence-electron chi connectivity index (χ4n) is 7.72. The Labute approximate surface area is 252 Å². The normalized spacial score (nSPS) is 15.9. The lowest BCUT2D eigenvalue weighted by atomic mass is 9.88. The van der Waals surface area contributed by atoms with Crippen LogP contribution in [0.1, 0.15) is 43.2 Å². The highest BCUT2D eigenvalue weighted by atomic mass is 31.1. The first kappa shape index (κ1) is 26.1. The third-order valence-corrected chi connectivity index (χ3v) is 15.7. The van der Waals surface area contributed by atoms with Crippen LogP contribution in [-0.4, -0.2) is 8.80 Å². The van der Waals surface area contributed by atoms with E-state index in [0.717, 1.165) is 17.9 Å². The second-order valence-corrected chi connectivity index (χ2v) is 17.1. The molecule has 42 heavy (non-hydrogen) atoms. The molecule has 205 valence electrons. The standard InChI is InChI=1S/C40H36PSi/c1-3-15-33(16-4-1)42(34-17-5-2-6-18-34)38-22-12-11-21-37(38)41-27-31-25-23-29-13-7-9-19-35(29)39(31)40-32(28-41)26-24-30-14-8-10-20-36(30)40/h1,3-4,7-16,19-26,34H,2,5-6,17-18,27-28H2. The van der Waals surface area contributed by atoms with Crippen molar-refractivity contribution in [3.05, 3.63) is 139 Å². The van der Waals surface area contributed by atoms with Crippen LogP contribution in [0.15, 0.2) is 127 Å². The molecule has 0 saturated heterocycles. The Kier molecular flexibility index (Phi) is 7.03. The predicted octanol–water partition coefficient (Wildman–Crippen LogP) is 9.42. The van der Waals surface area contributed by atoms with Gasteiger partial charge in [0.2, 0.25) is 0 Å². The maximum Gasteiger partial charge on any atom is 0.125 e. The Bertz CT molecular complexity index is 1800. The Hall–Kier alpha value is -3.51. The molecular weight excluding hydrogens is 540 g/mol. The van der Waals surface area contributed by atoms with Gasteiger partial charge in [-0.15, -0.1) is 0 Å². The largest absolute Gasteiger partial charge is 0.125 e. The quantitative estimate of drug-likeness (QED) is 0.145. The van der Waals surface area contributed by atoms with E-state index in [1.54, 1.807) is 15.7 Å². The lowest BCUT2D eigenvalue weighted by Gasteiger charge is -2.32. The van der Waals surface area contributed by atoms with Crippen molar-refractivity contribution < 1.29 is 0 Å². The van der Waals surface area contributed by atoms with Crippen molar-refractivity contribution in [3.63, 3.8) is 0 Å². The molecule has 6 aromatic carbocycles. The van der Waals surface area contributed by atoms with Crippen LogP contribution in [0.5, 0.6) is 0 Å². The Balaban J connectivity index is 1.33. The van der Waals surface area contributed by atoms with Crippen LogP contribution in [0.2, 0.25) is 5.54 Å². The van der Waals surface area contributed by atoms with Gasteiger partial charge in [-0.3, -0.25) is 0 Å². The monoisotopic (exact) mass is 575 g/mol. The van der Waals surface area contributed by atoms with Crippen LogP contribution in [0.3, 0.4) is 0 Å². The summed E-state index contributed by atoms with van der Waals surface area (Å²) in [6, 6.07) is 49.0. The molecule has 0 nitrogen and oxygen atoms in total. The van der Waals surface area contributed by atoms with Crippen LogP contribution >= 0.6 is 7.92 Å². The molecule has 1 saturated carbocycles. The van der Waals surface area contributed by atoms with Crippen LogP contribution < -0.4 is 15.7 Å². The molecule has 2 aliphatic rings. The van der Waals surface area contributed by atoms with E-state index < -0.39 is 16.7 Å². The average Bonchev–Trinajstić information content (AvgIpc) is 3.23. The summed E-state index contributed by atoms with van der Waals surface area (Å²) in [5.74, 6) is 0. The highest BCUT2D eigenvalue weighted by molar-refractivity contribution is 7.64. The molecule has 0 bridgehead atoms. The van der Waals surface area contributed by atoms with Gasteiger partial charge in [-0.2, -0.15) is 0 Å². The Morgan fingerprint density at radius 1 is 0.500 bits per heavy atom. The molecule has 1 radical (unpaired) electrons. The second-order valence-electron chi connectivity index (χ2n) is 12.1. The summed E-state index contributed by atoms with van der Waals surface area (Å²) >= 11 is 0. The van der Waals surface area contributed by atoms with Crippen LogP contribution in [0.4, 0.5) is 0 Å². The van der Waals surface area contributed by atoms with Gasteiger partial charge in [0.05, 0.1) is 0 Å². The molecule has 6 aromatic rings. The lowest BCUT2D eigenvalue weighted by molar-refractivity contribution is 0.499. The van der Waals surface area contributed by atoms with E-state index in [1.807, 2.05) is 0 Å². The van der Waals surface area contributed by atoms with Gasteiger partial charge in [0.15, 0.2) is 0 Å². The summed E-state index contributed by atoms with van der Waals surface area (Å²) in [5.41, 5.74) is 6.82. The van der Waals surface area contributed by atoms with E-state index in [4.69, 9.17) is 0 Å². The zero-order valence-corrected chi connectivity index (χ0v) is 26.0. The number of hydrogen-bond donors (Lipinski definition) is 0. The lowest BCUT2D eigenvalue weighted by Crippen LogP contribution is -2.51. The van der Waals surface area contributed by atoms with Crippen LogP contribution in [-0.2, 0) is 12.3 Å². The van der Waals surface area contributed by atoms with Crippen molar-refractivity contribution in [3.8, 4) is 11.1 Å². The first-order valence-corrected chi connectivity index (χ1v) is 18.9. The minimum absolute atomic E-state index is 0.417. The SMILES string of the molecule is c1ccc([Si](c2ccccc2P2Cc3ccc4ccccc4c3-c3c(ccc4ccccc34)C2)C2CCCCC2)cc1. The zero-order valence-electron chi connectivity index (χ0n) is 24.1. The van der Waals surface area contributed by atoms with Crippen molar-refractivity contribution in [2.45, 2.75) is 50.0 Å². The number of fused-ring (bicyclic) bond motifs is 7. The fourth-order valence-corrected chi connectivity index (χ4v) is 14.5. The molecule has 0 spiro atoms. The van der Waals surface area contributed by atoms with Crippen molar-refractivity contribution in [2.75, 3.05) is 0 Å². The van der Waals surface area contributed by atoms with Gasteiger partial charge < -0.3 is 0 Å². The number of rotatable bonds is 4. The minimum atomic E-state index is -0.896. The van der Waals surface area contributed by atoms with E-state index >= 15 is 0 Å². The molecule has 1 aliphatic heterocycles. The smallest absolute Gasteiger partial charge is 0.0664 e. The summed E-state index contributed by atoms with van der Waals surface area (Å²) in [7, 11) is -1.31. The molecule has 0 unspecified atom stereocenters. The van der Waals surface area contributed by atoms with Gasteiger partial charge in [0.25, 0.3) is 0 Å². The summed E-state index contributed by atoms with van der Waals surface area (Å²) in [6.07, 6.45) is 9.25. The van der Waals surface area contributed by atoms with Gasteiger partial charge >= 0.3 is 0 Å². The molecule has 1 fully saturated rings. The molecule has 2 heteroatoms. The molecule has 0 N–H and O–H groups in total. The molecule has 1 aliphatic carbocycles. The van der Waals surface area contributed by atoms with E-state index in [2.05, 4.69) is 127 Å². The van der Waals surface area contributed by atoms with Gasteiger partial charge in [0.1, 0.15) is 8.80 Å². The average molecular weight is 576 g/mol. The van der Waals surface area contributed by atoms with Crippen molar-refractivity contribution in [2.24, 2.45) is 0 Å². The van der Waals surface area contributed by atoms with Gasteiger partial charge in [-0.25, -0.2) is 0 Å². The van der Waals surface area contributed by atoms with E-state index in [0.29, 0.717) is 0 Å². The first-order chi connectivity index (χ1) is 20.8. The van der Waals surface area contributed by atoms with Crippen molar-refractivity contribution in [1.82, 2.24) is 0 Å². The summed E-state index contributed by atoms with van der Waals surface area (Å²) in [4.78, 5) is 0. The van der Waals surface area contributed by atoms with E-state index in [9.17, 15) is 0 Å². The molecule has 0 atom stereocenters. The topological polar surface area (TPSA) is 0 Å². The maximum atomic E-state index is 2.53. The number of benzene rings is 6. The minimum Gasteiger partial charge on any atom is -0.0664 e. The predicted molar refractivity (Wildman–Crippen MR) is 186 cm³/mol. The molecular formula is C40H36PSi. The van der Waals surface area contributed by atoms with E-state index in [-0.39, 0.29) is 0 Å². The summed E-state index contributed by atoms with van der Waals surface area (Å²) in [5, 5.41) is 10.4. The van der Waals surface area contributed by atoms with Gasteiger partial charge in [-0.05, 0) is 72.2 Å². The number of hydrogen-bond acceptors (Lipinski definition) is 0. The third-order valence-electron chi connectivity index (χ3n) is 9.64. The maximum absolute atomic E-state index is 2.53. The van der Waals surface area contributed by atoms with Crippen LogP contribution in [0.25, 0.3) is 32.7 Å². The van der Waals surface area contributed by atoms with Gasteiger partial charge in [0, 0.05) is 0 Å². The molecule has 0 amide bonds. The molecule has 1 heterocycles. The van der Waals surface area contributed by atoms with Crippen LogP contribution in [0, 0.1) is 0 Å². The Morgan fingerprint density at radius 2 is 1.05 bits per heavy atom. The zero-order chi connectivity index (χ0) is 27.9. The van der Waals surface area contributed by atoms with E-state index in [1.165, 1.54) is 75.9 Å². The molecule has 0 aromatic heterocycles. The second kappa shape index (κ2) is 11.3. The Morgan fingerprint density at radius 3 is 1.69 bits per heavy atom. The highest BCUT2D eigenvalue weighted by Gasteiger charge is 2.33. The first-order valence-electron chi connectivity index (χ1n) is 15.6. The third kappa shape index (κ3) is 4.64. The molecule has 8 rings (SSSR count). The van der Waals surface area contributed by atoms with Gasteiger partial charge in [-0.1, -0.05) is 173 Å². The summed E-state index contributed by atoms with van der Waals surface area (Å²) < 4.78 is 0. The van der Waals surface area contributed by atoms with Crippen molar-refractivity contribution in [1.29, 1.82) is 0 Å². The highest BCUT2D eigenvalue weighted by Crippen LogP contribution is 2.52. The fraction of sp³-hybridized carbons (Fsp3) is 0.200. The summed E-state index contributed by atoms with van der Waals surface area (Å²) in [6.45, 7) is 0.